The van der Waals surface area contributed by atoms with E-state index in [1.165, 1.54) is 11.4 Å². The third kappa shape index (κ3) is 3.03. The van der Waals surface area contributed by atoms with Crippen molar-refractivity contribution in [2.45, 2.75) is 33.4 Å². The molecular formula is C14H18N2O2. The van der Waals surface area contributed by atoms with Crippen LogP contribution in [-0.2, 0) is 17.9 Å². The molecule has 96 valence electrons. The second kappa shape index (κ2) is 5.58. The Morgan fingerprint density at radius 2 is 2.00 bits per heavy atom. The van der Waals surface area contributed by atoms with Gasteiger partial charge in [0, 0.05) is 24.4 Å². The summed E-state index contributed by atoms with van der Waals surface area (Å²) in [5.74, 6) is 0.815. The molecule has 0 atom stereocenters. The number of aryl methyl sites for hydroxylation is 2. The molecule has 0 unspecified atom stereocenters. The smallest absolute Gasteiger partial charge is 0.222 e. The predicted molar refractivity (Wildman–Crippen MR) is 69.1 cm³/mol. The average molecular weight is 246 g/mol. The summed E-state index contributed by atoms with van der Waals surface area (Å²) in [5, 5.41) is 2.84. The van der Waals surface area contributed by atoms with E-state index in [2.05, 4.69) is 22.0 Å². The summed E-state index contributed by atoms with van der Waals surface area (Å²) in [6.07, 6.45) is 2.09. The average Bonchev–Trinajstić information content (AvgIpc) is 2.96. The number of nitrogens with one attached hydrogen (secondary N) is 1. The minimum Gasteiger partial charge on any atom is -0.467 e. The van der Waals surface area contributed by atoms with Crippen molar-refractivity contribution in [1.82, 2.24) is 9.88 Å². The highest BCUT2D eigenvalue weighted by Gasteiger charge is 2.05. The van der Waals surface area contributed by atoms with Gasteiger partial charge < -0.3 is 14.3 Å². The molecule has 0 bridgehead atoms. The first-order valence-corrected chi connectivity index (χ1v) is 6.08. The van der Waals surface area contributed by atoms with Crippen LogP contribution >= 0.6 is 0 Å². The molecule has 0 aromatic carbocycles. The highest BCUT2D eigenvalue weighted by atomic mass is 16.3. The molecule has 2 aromatic heterocycles. The Labute approximate surface area is 107 Å². The van der Waals surface area contributed by atoms with Gasteiger partial charge in [-0.25, -0.2) is 0 Å². The molecule has 0 aliphatic heterocycles. The largest absolute Gasteiger partial charge is 0.467 e. The fourth-order valence-electron chi connectivity index (χ4n) is 1.95. The molecule has 0 saturated heterocycles. The summed E-state index contributed by atoms with van der Waals surface area (Å²) < 4.78 is 7.30. The molecule has 1 N–H and O–H groups in total. The van der Waals surface area contributed by atoms with Gasteiger partial charge in [-0.3, -0.25) is 4.79 Å². The zero-order valence-corrected chi connectivity index (χ0v) is 10.8. The van der Waals surface area contributed by atoms with E-state index in [1.807, 2.05) is 26.0 Å². The molecule has 4 heteroatoms. The molecule has 0 radical (unpaired) electrons. The summed E-state index contributed by atoms with van der Waals surface area (Å²) in [6, 6.07) is 7.79. The van der Waals surface area contributed by atoms with Crippen LogP contribution in [0.4, 0.5) is 0 Å². The maximum atomic E-state index is 11.7. The van der Waals surface area contributed by atoms with E-state index in [4.69, 9.17) is 4.42 Å². The number of hydrogen-bond donors (Lipinski definition) is 1. The first-order chi connectivity index (χ1) is 8.66. The Morgan fingerprint density at radius 3 is 2.61 bits per heavy atom. The van der Waals surface area contributed by atoms with Gasteiger partial charge in [-0.05, 0) is 38.1 Å². The van der Waals surface area contributed by atoms with E-state index in [1.54, 1.807) is 6.26 Å². The van der Waals surface area contributed by atoms with E-state index < -0.39 is 0 Å². The van der Waals surface area contributed by atoms with Gasteiger partial charge in [0.15, 0.2) is 0 Å². The monoisotopic (exact) mass is 246 g/mol. The summed E-state index contributed by atoms with van der Waals surface area (Å²) in [5.41, 5.74) is 2.37. The van der Waals surface area contributed by atoms with Gasteiger partial charge in [-0.15, -0.1) is 0 Å². The lowest BCUT2D eigenvalue weighted by Crippen LogP contribution is -2.24. The highest BCUT2D eigenvalue weighted by Crippen LogP contribution is 2.07. The third-order valence-corrected chi connectivity index (χ3v) is 3.02. The quantitative estimate of drug-likeness (QED) is 0.880. The summed E-state index contributed by atoms with van der Waals surface area (Å²) in [4.78, 5) is 11.7. The number of carbonyl (C=O) groups excluding carboxylic acids is 1. The first kappa shape index (κ1) is 12.5. The first-order valence-electron chi connectivity index (χ1n) is 6.08. The van der Waals surface area contributed by atoms with Gasteiger partial charge in [0.2, 0.25) is 5.91 Å². The molecule has 1 amide bonds. The van der Waals surface area contributed by atoms with Crippen molar-refractivity contribution in [1.29, 1.82) is 0 Å². The fourth-order valence-corrected chi connectivity index (χ4v) is 1.95. The number of rotatable bonds is 5. The Hall–Kier alpha value is -1.97. The van der Waals surface area contributed by atoms with Crippen LogP contribution in [-0.4, -0.2) is 10.5 Å². The number of furan rings is 1. The third-order valence-electron chi connectivity index (χ3n) is 3.02. The van der Waals surface area contributed by atoms with Crippen LogP contribution in [0.5, 0.6) is 0 Å². The predicted octanol–water partition coefficient (Wildman–Crippen LogP) is 2.40. The second-order valence-electron chi connectivity index (χ2n) is 4.37. The Bertz CT molecular complexity index is 492. The zero-order valence-electron chi connectivity index (χ0n) is 10.8. The number of aromatic nitrogens is 1. The lowest BCUT2D eigenvalue weighted by molar-refractivity contribution is -0.121. The molecule has 0 saturated carbocycles. The summed E-state index contributed by atoms with van der Waals surface area (Å²) in [7, 11) is 0. The minimum absolute atomic E-state index is 0.0406. The Morgan fingerprint density at radius 1 is 1.28 bits per heavy atom. The van der Waals surface area contributed by atoms with Crippen LogP contribution < -0.4 is 5.32 Å². The van der Waals surface area contributed by atoms with Gasteiger partial charge >= 0.3 is 0 Å². The van der Waals surface area contributed by atoms with Crippen LogP contribution in [0.3, 0.4) is 0 Å². The van der Waals surface area contributed by atoms with Gasteiger partial charge in [0.05, 0.1) is 12.8 Å². The maximum Gasteiger partial charge on any atom is 0.222 e. The van der Waals surface area contributed by atoms with Gasteiger partial charge in [-0.2, -0.15) is 0 Å². The molecule has 2 aromatic rings. The number of carbonyl (C=O) groups is 1. The summed E-state index contributed by atoms with van der Waals surface area (Å²) in [6.45, 7) is 5.27. The van der Waals surface area contributed by atoms with Crippen LogP contribution in [0.25, 0.3) is 0 Å². The van der Waals surface area contributed by atoms with Gasteiger partial charge in [-0.1, -0.05) is 0 Å². The molecule has 4 nitrogen and oxygen atoms in total. The normalized spacial score (nSPS) is 10.6. The van der Waals surface area contributed by atoms with E-state index >= 15 is 0 Å². The molecule has 0 aliphatic carbocycles. The number of nitrogens with zero attached hydrogens (tertiary/aromatic N) is 1. The number of hydrogen-bond acceptors (Lipinski definition) is 2. The highest BCUT2D eigenvalue weighted by molar-refractivity contribution is 5.75. The maximum absolute atomic E-state index is 11.7. The molecule has 2 heterocycles. The molecule has 0 aliphatic rings. The van der Waals surface area contributed by atoms with Crippen molar-refractivity contribution in [3.63, 3.8) is 0 Å². The minimum atomic E-state index is 0.0406. The van der Waals surface area contributed by atoms with Crippen molar-refractivity contribution >= 4 is 5.91 Å². The van der Waals surface area contributed by atoms with E-state index in [0.29, 0.717) is 19.5 Å². The summed E-state index contributed by atoms with van der Waals surface area (Å²) >= 11 is 0. The Balaban J connectivity index is 1.78. The van der Waals surface area contributed by atoms with Crippen molar-refractivity contribution in [2.24, 2.45) is 0 Å². The Kier molecular flexibility index (Phi) is 3.87. The van der Waals surface area contributed by atoms with Crippen molar-refractivity contribution in [3.8, 4) is 0 Å². The van der Waals surface area contributed by atoms with Crippen LogP contribution in [0.15, 0.2) is 34.9 Å². The van der Waals surface area contributed by atoms with Gasteiger partial charge in [0.25, 0.3) is 0 Å². The topological polar surface area (TPSA) is 47.2 Å². The van der Waals surface area contributed by atoms with Crippen molar-refractivity contribution < 1.29 is 9.21 Å². The molecule has 2 rings (SSSR count). The standard InChI is InChI=1S/C14H18N2O2/c1-11-5-6-12(2)16(11)8-7-14(17)15-10-13-4-3-9-18-13/h3-6,9H,7-8,10H2,1-2H3,(H,15,17). The second-order valence-corrected chi connectivity index (χ2v) is 4.37. The van der Waals surface area contributed by atoms with Gasteiger partial charge in [0.1, 0.15) is 5.76 Å². The lowest BCUT2D eigenvalue weighted by atomic mass is 10.3. The fraction of sp³-hybridized carbons (Fsp3) is 0.357. The van der Waals surface area contributed by atoms with Crippen LogP contribution in [0, 0.1) is 13.8 Å². The van der Waals surface area contributed by atoms with Crippen molar-refractivity contribution in [3.05, 3.63) is 47.7 Å². The SMILES string of the molecule is Cc1ccc(C)n1CCC(=O)NCc1ccco1. The van der Waals surface area contributed by atoms with E-state index in [0.717, 1.165) is 5.76 Å². The molecule has 0 fully saturated rings. The number of amides is 1. The van der Waals surface area contributed by atoms with Crippen LogP contribution in [0.1, 0.15) is 23.6 Å². The molecule has 0 spiro atoms. The molecular weight excluding hydrogens is 228 g/mol. The lowest BCUT2D eigenvalue weighted by Gasteiger charge is -2.09. The van der Waals surface area contributed by atoms with Crippen LogP contribution in [0.2, 0.25) is 0 Å². The molecule has 18 heavy (non-hydrogen) atoms. The van der Waals surface area contributed by atoms with E-state index in [9.17, 15) is 4.79 Å². The zero-order chi connectivity index (χ0) is 13.0. The van der Waals surface area contributed by atoms with Crippen molar-refractivity contribution in [2.75, 3.05) is 0 Å². The van der Waals surface area contributed by atoms with E-state index in [-0.39, 0.29) is 5.91 Å².